The van der Waals surface area contributed by atoms with Crippen LogP contribution >= 0.6 is 0 Å². The highest BCUT2D eigenvalue weighted by Crippen LogP contribution is 2.36. The Morgan fingerprint density at radius 1 is 1.09 bits per heavy atom. The Kier molecular flexibility index (Phi) is 3.47. The van der Waals surface area contributed by atoms with Crippen molar-refractivity contribution >= 4 is 28.9 Å². The summed E-state index contributed by atoms with van der Waals surface area (Å²) in [5.41, 5.74) is 9.29. The van der Waals surface area contributed by atoms with E-state index in [9.17, 15) is 4.79 Å². The van der Waals surface area contributed by atoms with Crippen LogP contribution in [0.4, 0.5) is 11.4 Å². The van der Waals surface area contributed by atoms with Crippen LogP contribution in [0.2, 0.25) is 0 Å². The van der Waals surface area contributed by atoms with Gasteiger partial charge < -0.3 is 20.5 Å². The van der Waals surface area contributed by atoms with Gasteiger partial charge in [0, 0.05) is 28.1 Å². The maximum Gasteiger partial charge on any atom is 0.256 e. The molecule has 0 unspecified atom stereocenters. The topological polar surface area (TPSA) is 73.6 Å². The van der Waals surface area contributed by atoms with Crippen molar-refractivity contribution in [1.29, 1.82) is 0 Å². The Balaban J connectivity index is 2.13. The molecule has 3 rings (SSSR count). The number of methoxy groups -OCH3 is 2. The molecule has 0 radical (unpaired) electrons. The molecule has 5 nitrogen and oxygen atoms in total. The lowest BCUT2D eigenvalue weighted by Crippen LogP contribution is -2.03. The Labute approximate surface area is 128 Å². The molecule has 0 saturated carbocycles. The van der Waals surface area contributed by atoms with E-state index in [0.29, 0.717) is 22.8 Å². The van der Waals surface area contributed by atoms with E-state index in [1.165, 1.54) is 0 Å². The molecular formula is C17H16N2O3. The van der Waals surface area contributed by atoms with Crippen LogP contribution in [0.25, 0.3) is 11.6 Å². The Bertz CT molecular complexity index is 781. The number of anilines is 2. The lowest BCUT2D eigenvalue weighted by atomic mass is 10.0. The summed E-state index contributed by atoms with van der Waals surface area (Å²) in [6, 6.07) is 10.8. The molecule has 1 aliphatic rings. The first kappa shape index (κ1) is 14.0. The zero-order valence-electron chi connectivity index (χ0n) is 12.3. The van der Waals surface area contributed by atoms with Crippen molar-refractivity contribution in [3.63, 3.8) is 0 Å². The largest absolute Gasteiger partial charge is 0.497 e. The highest BCUT2D eigenvalue weighted by Gasteiger charge is 2.24. The molecule has 5 heteroatoms. The van der Waals surface area contributed by atoms with Crippen LogP contribution in [0.5, 0.6) is 11.5 Å². The van der Waals surface area contributed by atoms with E-state index in [2.05, 4.69) is 5.32 Å². The van der Waals surface area contributed by atoms with Crippen LogP contribution in [-0.2, 0) is 4.79 Å². The Hall–Kier alpha value is -2.95. The van der Waals surface area contributed by atoms with Gasteiger partial charge in [0.2, 0.25) is 0 Å². The average molecular weight is 296 g/mol. The molecule has 2 aromatic carbocycles. The highest BCUT2D eigenvalue weighted by atomic mass is 16.5. The van der Waals surface area contributed by atoms with Crippen molar-refractivity contribution in [3.05, 3.63) is 47.5 Å². The number of rotatable bonds is 3. The van der Waals surface area contributed by atoms with E-state index in [-0.39, 0.29) is 5.91 Å². The van der Waals surface area contributed by atoms with E-state index in [1.54, 1.807) is 44.6 Å². The normalized spacial score (nSPS) is 14.6. The van der Waals surface area contributed by atoms with Crippen LogP contribution in [0.15, 0.2) is 36.4 Å². The summed E-state index contributed by atoms with van der Waals surface area (Å²) in [4.78, 5) is 12.2. The van der Waals surface area contributed by atoms with Gasteiger partial charge in [0.25, 0.3) is 5.91 Å². The fraction of sp³-hybridized carbons (Fsp3) is 0.118. The third-order valence-corrected chi connectivity index (χ3v) is 3.56. The zero-order chi connectivity index (χ0) is 15.7. The zero-order valence-corrected chi connectivity index (χ0v) is 12.3. The van der Waals surface area contributed by atoms with E-state index < -0.39 is 0 Å². The van der Waals surface area contributed by atoms with Crippen LogP contribution in [-0.4, -0.2) is 20.1 Å². The molecule has 0 atom stereocenters. The summed E-state index contributed by atoms with van der Waals surface area (Å²) in [7, 11) is 3.18. The fourth-order valence-corrected chi connectivity index (χ4v) is 2.46. The minimum Gasteiger partial charge on any atom is -0.497 e. The molecule has 1 heterocycles. The van der Waals surface area contributed by atoms with Crippen molar-refractivity contribution in [1.82, 2.24) is 0 Å². The van der Waals surface area contributed by atoms with Gasteiger partial charge in [-0.25, -0.2) is 0 Å². The van der Waals surface area contributed by atoms with Gasteiger partial charge in [0.05, 0.1) is 14.2 Å². The van der Waals surface area contributed by atoms with E-state index in [0.717, 1.165) is 16.8 Å². The molecule has 0 bridgehead atoms. The van der Waals surface area contributed by atoms with Gasteiger partial charge >= 0.3 is 0 Å². The number of benzene rings is 2. The van der Waals surface area contributed by atoms with Crippen molar-refractivity contribution < 1.29 is 14.3 Å². The van der Waals surface area contributed by atoms with Gasteiger partial charge in [-0.1, -0.05) is 0 Å². The third-order valence-electron chi connectivity index (χ3n) is 3.56. The molecule has 22 heavy (non-hydrogen) atoms. The second-order valence-electron chi connectivity index (χ2n) is 4.93. The first-order valence-electron chi connectivity index (χ1n) is 6.77. The lowest BCUT2D eigenvalue weighted by molar-refractivity contribution is -0.110. The molecule has 1 amide bonds. The highest BCUT2D eigenvalue weighted by molar-refractivity contribution is 6.35. The summed E-state index contributed by atoms with van der Waals surface area (Å²) >= 11 is 0. The van der Waals surface area contributed by atoms with Gasteiger partial charge in [0.15, 0.2) is 0 Å². The summed E-state index contributed by atoms with van der Waals surface area (Å²) < 4.78 is 10.6. The van der Waals surface area contributed by atoms with Gasteiger partial charge in [-0.2, -0.15) is 0 Å². The lowest BCUT2D eigenvalue weighted by Gasteiger charge is -2.08. The summed E-state index contributed by atoms with van der Waals surface area (Å²) in [5, 5.41) is 2.83. The second kappa shape index (κ2) is 5.44. The number of hydrogen-bond donors (Lipinski definition) is 2. The molecule has 0 saturated heterocycles. The first-order chi connectivity index (χ1) is 10.6. The number of hydrogen-bond acceptors (Lipinski definition) is 4. The second-order valence-corrected chi connectivity index (χ2v) is 4.93. The number of amides is 1. The van der Waals surface area contributed by atoms with Crippen molar-refractivity contribution in [2.45, 2.75) is 0 Å². The number of carbonyl (C=O) groups is 1. The molecule has 0 spiro atoms. The predicted octanol–water partition coefficient (Wildman–Crippen LogP) is 2.78. The quantitative estimate of drug-likeness (QED) is 0.674. The standard InChI is InChI=1S/C17H16N2O3/c1-21-12-4-6-16(22-2)10(7-12)8-14-13-9-11(18)3-5-15(13)19-17(14)20/h3-9H,18H2,1-2H3,(H,19,20)/b14-8+. The molecule has 1 aliphatic heterocycles. The molecule has 112 valence electrons. The molecule has 0 aromatic heterocycles. The van der Waals surface area contributed by atoms with E-state index >= 15 is 0 Å². The van der Waals surface area contributed by atoms with Crippen LogP contribution < -0.4 is 20.5 Å². The number of nitrogens with two attached hydrogens (primary N) is 1. The van der Waals surface area contributed by atoms with Gasteiger partial charge in [0.1, 0.15) is 11.5 Å². The van der Waals surface area contributed by atoms with Gasteiger partial charge in [-0.05, 0) is 42.5 Å². The monoisotopic (exact) mass is 296 g/mol. The van der Waals surface area contributed by atoms with Crippen LogP contribution in [0.3, 0.4) is 0 Å². The number of ether oxygens (including phenoxy) is 2. The number of fused-ring (bicyclic) bond motifs is 1. The smallest absolute Gasteiger partial charge is 0.256 e. The van der Waals surface area contributed by atoms with Crippen molar-refractivity contribution in [3.8, 4) is 11.5 Å². The van der Waals surface area contributed by atoms with Crippen LogP contribution in [0.1, 0.15) is 11.1 Å². The third kappa shape index (κ3) is 2.37. The molecule has 0 aliphatic carbocycles. The Morgan fingerprint density at radius 3 is 2.64 bits per heavy atom. The molecular weight excluding hydrogens is 280 g/mol. The minimum atomic E-state index is -0.162. The number of nitrogens with one attached hydrogen (secondary N) is 1. The Morgan fingerprint density at radius 2 is 1.91 bits per heavy atom. The predicted molar refractivity (Wildman–Crippen MR) is 86.9 cm³/mol. The van der Waals surface area contributed by atoms with Gasteiger partial charge in [-0.15, -0.1) is 0 Å². The fourth-order valence-electron chi connectivity index (χ4n) is 2.46. The van der Waals surface area contributed by atoms with E-state index in [4.69, 9.17) is 15.2 Å². The maximum atomic E-state index is 12.2. The summed E-state index contributed by atoms with van der Waals surface area (Å²) in [6.45, 7) is 0. The molecule has 2 aromatic rings. The first-order valence-corrected chi connectivity index (χ1v) is 6.77. The SMILES string of the molecule is COc1ccc(OC)c(/C=C2/C(=O)Nc3ccc(N)cc32)c1. The number of carbonyl (C=O) groups excluding carboxylic acids is 1. The van der Waals surface area contributed by atoms with Crippen molar-refractivity contribution in [2.75, 3.05) is 25.3 Å². The summed E-state index contributed by atoms with van der Waals surface area (Å²) in [5.74, 6) is 1.20. The average Bonchev–Trinajstić information content (AvgIpc) is 2.83. The van der Waals surface area contributed by atoms with Crippen LogP contribution in [0, 0.1) is 0 Å². The molecule has 0 fully saturated rings. The summed E-state index contributed by atoms with van der Waals surface area (Å²) in [6.07, 6.45) is 1.78. The number of nitrogen functional groups attached to an aromatic ring is 1. The maximum absolute atomic E-state index is 12.2. The van der Waals surface area contributed by atoms with Gasteiger partial charge in [-0.3, -0.25) is 4.79 Å². The van der Waals surface area contributed by atoms with E-state index in [1.807, 2.05) is 12.1 Å². The minimum absolute atomic E-state index is 0.162. The van der Waals surface area contributed by atoms with Crippen molar-refractivity contribution in [2.24, 2.45) is 0 Å². The molecule has 3 N–H and O–H groups in total.